The minimum atomic E-state index is -0.994. The lowest BCUT2D eigenvalue weighted by molar-refractivity contribution is -0.140. The first-order chi connectivity index (χ1) is 12.8. The summed E-state index contributed by atoms with van der Waals surface area (Å²) in [5.41, 5.74) is 0.151. The highest BCUT2D eigenvalue weighted by atomic mass is 16.5. The van der Waals surface area contributed by atoms with Gasteiger partial charge < -0.3 is 24.9 Å². The van der Waals surface area contributed by atoms with Crippen molar-refractivity contribution >= 4 is 29.2 Å². The number of anilines is 2. The van der Waals surface area contributed by atoms with E-state index in [9.17, 15) is 19.5 Å². The molecule has 1 fully saturated rings. The number of ether oxygens (including phenoxy) is 1. The summed E-state index contributed by atoms with van der Waals surface area (Å²) < 4.78 is 10.3. The van der Waals surface area contributed by atoms with Crippen LogP contribution in [0, 0.1) is 17.3 Å². The number of nitrogens with one attached hydrogen (secondary N) is 2. The molecule has 2 amide bonds. The van der Waals surface area contributed by atoms with Gasteiger partial charge in [-0.25, -0.2) is 0 Å². The van der Waals surface area contributed by atoms with E-state index in [1.165, 1.54) is 19.4 Å². The summed E-state index contributed by atoms with van der Waals surface area (Å²) in [6.45, 7) is 3.49. The molecule has 0 spiro atoms. The quantitative estimate of drug-likeness (QED) is 0.718. The summed E-state index contributed by atoms with van der Waals surface area (Å²) in [7, 11) is 1.45. The van der Waals surface area contributed by atoms with Crippen LogP contribution in [0.3, 0.4) is 0 Å². The monoisotopic (exact) mass is 372 g/mol. The van der Waals surface area contributed by atoms with Crippen LogP contribution in [0.5, 0.6) is 5.75 Å². The second-order valence-corrected chi connectivity index (χ2v) is 6.95. The largest absolute Gasteiger partial charge is 0.495 e. The van der Waals surface area contributed by atoms with Crippen molar-refractivity contribution in [3.63, 3.8) is 0 Å². The van der Waals surface area contributed by atoms with Gasteiger partial charge in [-0.05, 0) is 35.7 Å². The SMILES string of the molecule is COc1ccc(NC(=O)c2ccco2)cc1NC(=O)[C@H]1[C@@H](C(=O)O)C1(C)C. The summed E-state index contributed by atoms with van der Waals surface area (Å²) in [6.07, 6.45) is 1.39. The van der Waals surface area contributed by atoms with Gasteiger partial charge in [0.2, 0.25) is 5.91 Å². The van der Waals surface area contributed by atoms with Crippen LogP contribution < -0.4 is 15.4 Å². The van der Waals surface area contributed by atoms with Gasteiger partial charge in [-0.15, -0.1) is 0 Å². The lowest BCUT2D eigenvalue weighted by atomic mass is 10.1. The van der Waals surface area contributed by atoms with E-state index in [2.05, 4.69) is 10.6 Å². The number of carbonyl (C=O) groups excluding carboxylic acids is 2. The maximum absolute atomic E-state index is 12.6. The van der Waals surface area contributed by atoms with E-state index >= 15 is 0 Å². The predicted octanol–water partition coefficient (Wildman–Crippen LogP) is 2.84. The van der Waals surface area contributed by atoms with Gasteiger partial charge in [-0.1, -0.05) is 13.8 Å². The number of benzene rings is 1. The lowest BCUT2D eigenvalue weighted by Crippen LogP contribution is -2.18. The van der Waals surface area contributed by atoms with Crippen LogP contribution in [0.1, 0.15) is 24.4 Å². The molecule has 0 aliphatic heterocycles. The van der Waals surface area contributed by atoms with E-state index in [1.807, 2.05) is 0 Å². The highest BCUT2D eigenvalue weighted by Crippen LogP contribution is 2.58. The van der Waals surface area contributed by atoms with Crippen LogP contribution in [0.25, 0.3) is 0 Å². The number of rotatable bonds is 6. The van der Waals surface area contributed by atoms with Crippen molar-refractivity contribution in [2.24, 2.45) is 17.3 Å². The Balaban J connectivity index is 1.77. The zero-order valence-electron chi connectivity index (χ0n) is 15.1. The van der Waals surface area contributed by atoms with Gasteiger partial charge >= 0.3 is 5.97 Å². The molecule has 3 N–H and O–H groups in total. The molecule has 0 saturated heterocycles. The maximum Gasteiger partial charge on any atom is 0.307 e. The molecule has 0 unspecified atom stereocenters. The summed E-state index contributed by atoms with van der Waals surface area (Å²) >= 11 is 0. The molecule has 8 nitrogen and oxygen atoms in total. The van der Waals surface area contributed by atoms with Crippen LogP contribution >= 0.6 is 0 Å². The van der Waals surface area contributed by atoms with E-state index in [1.54, 1.807) is 38.1 Å². The van der Waals surface area contributed by atoms with Crippen molar-refractivity contribution in [3.05, 3.63) is 42.4 Å². The van der Waals surface area contributed by atoms with Crippen LogP contribution in [0.4, 0.5) is 11.4 Å². The normalized spacial score (nSPS) is 19.8. The lowest BCUT2D eigenvalue weighted by Gasteiger charge is -2.13. The zero-order chi connectivity index (χ0) is 19.8. The zero-order valence-corrected chi connectivity index (χ0v) is 15.1. The highest BCUT2D eigenvalue weighted by molar-refractivity contribution is 6.04. The second-order valence-electron chi connectivity index (χ2n) is 6.95. The fourth-order valence-electron chi connectivity index (χ4n) is 3.28. The number of carboxylic acid groups (broad SMARTS) is 1. The second kappa shape index (κ2) is 6.79. The van der Waals surface area contributed by atoms with Crippen LogP contribution in [-0.4, -0.2) is 30.0 Å². The third kappa shape index (κ3) is 3.51. The highest BCUT2D eigenvalue weighted by Gasteiger charge is 2.65. The molecule has 0 radical (unpaired) electrons. The number of methoxy groups -OCH3 is 1. The molecule has 1 aromatic carbocycles. The average molecular weight is 372 g/mol. The molecular formula is C19H20N2O6. The molecule has 1 aliphatic carbocycles. The first kappa shape index (κ1) is 18.5. The Kier molecular flexibility index (Phi) is 4.65. The maximum atomic E-state index is 12.6. The molecular weight excluding hydrogens is 352 g/mol. The minimum Gasteiger partial charge on any atom is -0.495 e. The number of aliphatic carboxylic acids is 1. The number of amides is 2. The Morgan fingerprint density at radius 1 is 1.15 bits per heavy atom. The van der Waals surface area contributed by atoms with E-state index in [4.69, 9.17) is 9.15 Å². The molecule has 2 aromatic rings. The summed E-state index contributed by atoms with van der Waals surface area (Å²) in [5, 5.41) is 14.6. The van der Waals surface area contributed by atoms with E-state index < -0.39 is 35.0 Å². The van der Waals surface area contributed by atoms with Gasteiger partial charge in [0.15, 0.2) is 5.76 Å². The molecule has 8 heteroatoms. The summed E-state index contributed by atoms with van der Waals surface area (Å²) in [4.78, 5) is 36.0. The van der Waals surface area contributed by atoms with Gasteiger partial charge in [-0.3, -0.25) is 14.4 Å². The molecule has 0 bridgehead atoms. The predicted molar refractivity (Wildman–Crippen MR) is 96.7 cm³/mol. The molecule has 3 rings (SSSR count). The molecule has 1 aliphatic rings. The number of carboxylic acids is 1. The van der Waals surface area contributed by atoms with Crippen molar-refractivity contribution in [1.29, 1.82) is 0 Å². The number of hydrogen-bond acceptors (Lipinski definition) is 5. The topological polar surface area (TPSA) is 118 Å². The van der Waals surface area contributed by atoms with Gasteiger partial charge in [0, 0.05) is 5.69 Å². The van der Waals surface area contributed by atoms with Crippen molar-refractivity contribution in [2.75, 3.05) is 17.7 Å². The Morgan fingerprint density at radius 2 is 1.89 bits per heavy atom. The molecule has 1 saturated carbocycles. The summed E-state index contributed by atoms with van der Waals surface area (Å²) in [6, 6.07) is 7.90. The first-order valence-electron chi connectivity index (χ1n) is 8.32. The molecule has 1 aromatic heterocycles. The first-order valence-corrected chi connectivity index (χ1v) is 8.32. The van der Waals surface area contributed by atoms with Gasteiger partial charge in [0.25, 0.3) is 5.91 Å². The Morgan fingerprint density at radius 3 is 2.44 bits per heavy atom. The number of carbonyl (C=O) groups is 3. The Labute approximate surface area is 155 Å². The van der Waals surface area contributed by atoms with E-state index in [0.717, 1.165) is 0 Å². The van der Waals surface area contributed by atoms with Gasteiger partial charge in [-0.2, -0.15) is 0 Å². The average Bonchev–Trinajstić information content (AvgIpc) is 2.97. The third-order valence-corrected chi connectivity index (χ3v) is 4.84. The van der Waals surface area contributed by atoms with E-state index in [-0.39, 0.29) is 5.76 Å². The molecule has 142 valence electrons. The van der Waals surface area contributed by atoms with Crippen molar-refractivity contribution in [2.45, 2.75) is 13.8 Å². The van der Waals surface area contributed by atoms with Gasteiger partial charge in [0.05, 0.1) is 30.9 Å². The molecule has 2 atom stereocenters. The van der Waals surface area contributed by atoms with Gasteiger partial charge in [0.1, 0.15) is 5.75 Å². The Bertz CT molecular complexity index is 888. The van der Waals surface area contributed by atoms with Crippen LogP contribution in [0.2, 0.25) is 0 Å². The van der Waals surface area contributed by atoms with Crippen molar-refractivity contribution in [3.8, 4) is 5.75 Å². The van der Waals surface area contributed by atoms with E-state index in [0.29, 0.717) is 17.1 Å². The number of hydrogen-bond donors (Lipinski definition) is 3. The van der Waals surface area contributed by atoms with Crippen molar-refractivity contribution < 1.29 is 28.6 Å². The molecule has 1 heterocycles. The summed E-state index contributed by atoms with van der Waals surface area (Å²) in [5.74, 6) is -2.65. The minimum absolute atomic E-state index is 0.153. The smallest absolute Gasteiger partial charge is 0.307 e. The third-order valence-electron chi connectivity index (χ3n) is 4.84. The Hall–Kier alpha value is -3.29. The van der Waals surface area contributed by atoms with Crippen LogP contribution in [0.15, 0.2) is 41.0 Å². The number of furan rings is 1. The fourth-order valence-corrected chi connectivity index (χ4v) is 3.28. The standard InChI is InChI=1S/C19H20N2O6/c1-19(2)14(15(19)18(24)25)17(23)21-11-9-10(6-7-12(11)26-3)20-16(22)13-5-4-8-27-13/h4-9,14-15H,1-3H3,(H,20,22)(H,21,23)(H,24,25)/t14-,15+/m1/s1. The van der Waals surface area contributed by atoms with Crippen LogP contribution in [-0.2, 0) is 9.59 Å². The van der Waals surface area contributed by atoms with Crippen molar-refractivity contribution in [1.82, 2.24) is 0 Å². The molecule has 27 heavy (non-hydrogen) atoms. The fraction of sp³-hybridized carbons (Fsp3) is 0.316.